The maximum absolute atomic E-state index is 13.0. The molecule has 158 valence electrons. The summed E-state index contributed by atoms with van der Waals surface area (Å²) in [5, 5.41) is 12.5. The number of benzene rings is 2. The normalized spacial score (nSPS) is 11.0. The van der Waals surface area contributed by atoms with Crippen molar-refractivity contribution in [2.45, 2.75) is 34.2 Å². The molecule has 0 aliphatic heterocycles. The fourth-order valence-corrected chi connectivity index (χ4v) is 3.64. The molecular formula is C24H25N5O2. The Bertz CT molecular complexity index is 1200. The van der Waals surface area contributed by atoms with Gasteiger partial charge < -0.3 is 9.30 Å². The van der Waals surface area contributed by atoms with Gasteiger partial charge in [0.15, 0.2) is 5.78 Å². The third-order valence-electron chi connectivity index (χ3n) is 5.19. The second kappa shape index (κ2) is 8.55. The van der Waals surface area contributed by atoms with Crippen LogP contribution in [0.5, 0.6) is 5.75 Å². The maximum Gasteiger partial charge on any atom is 0.204 e. The summed E-state index contributed by atoms with van der Waals surface area (Å²) in [6.45, 7) is 8.58. The molecular weight excluding hydrogens is 390 g/mol. The molecule has 0 N–H and O–H groups in total. The largest absolute Gasteiger partial charge is 0.494 e. The zero-order valence-corrected chi connectivity index (χ0v) is 18.2. The lowest BCUT2D eigenvalue weighted by atomic mass is 10.1. The molecule has 0 saturated heterocycles. The van der Waals surface area contributed by atoms with Gasteiger partial charge in [-0.1, -0.05) is 29.8 Å². The lowest BCUT2D eigenvalue weighted by Crippen LogP contribution is -2.14. The van der Waals surface area contributed by atoms with Gasteiger partial charge in [0.05, 0.1) is 6.61 Å². The summed E-state index contributed by atoms with van der Waals surface area (Å²) < 4.78 is 7.59. The maximum atomic E-state index is 13.0. The first kappa shape index (κ1) is 20.5. The second-order valence-corrected chi connectivity index (χ2v) is 7.48. The highest BCUT2D eigenvalue weighted by atomic mass is 16.5. The average molecular weight is 415 g/mol. The highest BCUT2D eigenvalue weighted by Crippen LogP contribution is 2.23. The van der Waals surface area contributed by atoms with Gasteiger partial charge in [-0.3, -0.25) is 4.79 Å². The monoisotopic (exact) mass is 415 g/mol. The Balaban J connectivity index is 1.54. The van der Waals surface area contributed by atoms with Crippen LogP contribution in [0.4, 0.5) is 0 Å². The van der Waals surface area contributed by atoms with Gasteiger partial charge in [-0.25, -0.2) is 0 Å². The van der Waals surface area contributed by atoms with E-state index in [-0.39, 0.29) is 12.3 Å². The summed E-state index contributed by atoms with van der Waals surface area (Å²) in [6.07, 6.45) is 0. The van der Waals surface area contributed by atoms with Gasteiger partial charge in [0, 0.05) is 28.2 Å². The molecule has 7 heteroatoms. The van der Waals surface area contributed by atoms with Crippen molar-refractivity contribution in [1.82, 2.24) is 24.8 Å². The van der Waals surface area contributed by atoms with Gasteiger partial charge in [-0.15, -0.1) is 10.2 Å². The molecule has 31 heavy (non-hydrogen) atoms. The molecule has 0 saturated carbocycles. The lowest BCUT2D eigenvalue weighted by molar-refractivity contribution is 0.0961. The second-order valence-electron chi connectivity index (χ2n) is 7.48. The third kappa shape index (κ3) is 4.26. The number of ketones is 1. The Morgan fingerprint density at radius 3 is 2.39 bits per heavy atom. The molecule has 0 unspecified atom stereocenters. The van der Waals surface area contributed by atoms with Crippen molar-refractivity contribution in [1.29, 1.82) is 0 Å². The van der Waals surface area contributed by atoms with Crippen LogP contribution < -0.4 is 4.74 Å². The third-order valence-corrected chi connectivity index (χ3v) is 5.19. The van der Waals surface area contributed by atoms with Crippen LogP contribution in [0.1, 0.15) is 34.2 Å². The number of rotatable bonds is 7. The van der Waals surface area contributed by atoms with E-state index in [1.807, 2.05) is 82.3 Å². The molecule has 0 spiro atoms. The van der Waals surface area contributed by atoms with Crippen molar-refractivity contribution < 1.29 is 9.53 Å². The van der Waals surface area contributed by atoms with Crippen LogP contribution in [0.25, 0.3) is 17.1 Å². The number of carbonyl (C=O) groups excluding carboxylic acids is 1. The number of aromatic nitrogens is 5. The van der Waals surface area contributed by atoms with Crippen molar-refractivity contribution in [2.24, 2.45) is 0 Å². The van der Waals surface area contributed by atoms with Crippen molar-refractivity contribution in [3.63, 3.8) is 0 Å². The number of tetrazole rings is 1. The Kier molecular flexibility index (Phi) is 5.66. The summed E-state index contributed by atoms with van der Waals surface area (Å²) >= 11 is 0. The van der Waals surface area contributed by atoms with E-state index in [0.29, 0.717) is 18.0 Å². The van der Waals surface area contributed by atoms with E-state index in [0.717, 1.165) is 34.0 Å². The van der Waals surface area contributed by atoms with E-state index in [2.05, 4.69) is 20.0 Å². The van der Waals surface area contributed by atoms with Crippen molar-refractivity contribution >= 4 is 5.78 Å². The van der Waals surface area contributed by atoms with Crippen LogP contribution >= 0.6 is 0 Å². The minimum Gasteiger partial charge on any atom is -0.494 e. The lowest BCUT2D eigenvalue weighted by Gasteiger charge is -2.11. The predicted molar refractivity (Wildman–Crippen MR) is 119 cm³/mol. The van der Waals surface area contributed by atoms with Crippen LogP contribution in [0, 0.1) is 20.8 Å². The summed E-state index contributed by atoms with van der Waals surface area (Å²) in [6, 6.07) is 17.7. The predicted octanol–water partition coefficient (Wildman–Crippen LogP) is 4.34. The zero-order chi connectivity index (χ0) is 22.0. The van der Waals surface area contributed by atoms with Gasteiger partial charge >= 0.3 is 0 Å². The first-order valence-corrected chi connectivity index (χ1v) is 10.3. The Hall–Kier alpha value is -3.74. The molecule has 0 fully saturated rings. The molecule has 0 bridgehead atoms. The Morgan fingerprint density at radius 2 is 1.71 bits per heavy atom. The minimum atomic E-state index is -0.0573. The van der Waals surface area contributed by atoms with Crippen LogP contribution in [-0.2, 0) is 6.54 Å². The van der Waals surface area contributed by atoms with E-state index in [9.17, 15) is 4.79 Å². The summed E-state index contributed by atoms with van der Waals surface area (Å²) in [7, 11) is 0. The van der Waals surface area contributed by atoms with Crippen molar-refractivity contribution in [2.75, 3.05) is 6.61 Å². The van der Waals surface area contributed by atoms with Crippen LogP contribution in [0.15, 0.2) is 54.6 Å². The molecule has 4 aromatic rings. The number of Topliss-reactive ketones (excluding diaryl/α,β-unsaturated/α-hetero) is 1. The standard InChI is InChI=1S/C24H25N5O2/c1-5-31-21-12-10-20(11-13-21)29-17(3)14-22(18(29)4)23(30)15-28-26-24(25-27-28)19-8-6-16(2)7-9-19/h6-14H,5,15H2,1-4H3. The van der Waals surface area contributed by atoms with E-state index in [4.69, 9.17) is 4.74 Å². The summed E-state index contributed by atoms with van der Waals surface area (Å²) in [4.78, 5) is 14.3. The van der Waals surface area contributed by atoms with E-state index < -0.39 is 0 Å². The molecule has 2 aromatic carbocycles. The first-order chi connectivity index (χ1) is 15.0. The quantitative estimate of drug-likeness (QED) is 0.420. The van der Waals surface area contributed by atoms with Gasteiger partial charge in [0.25, 0.3) is 0 Å². The molecule has 7 nitrogen and oxygen atoms in total. The van der Waals surface area contributed by atoms with Crippen LogP contribution in [0.3, 0.4) is 0 Å². The van der Waals surface area contributed by atoms with Gasteiger partial charge in [0.2, 0.25) is 5.82 Å². The average Bonchev–Trinajstić information content (AvgIpc) is 3.33. The molecule has 0 radical (unpaired) electrons. The van der Waals surface area contributed by atoms with Gasteiger partial charge in [-0.05, 0) is 63.2 Å². The first-order valence-electron chi connectivity index (χ1n) is 10.3. The SMILES string of the molecule is CCOc1ccc(-n2c(C)cc(C(=O)Cn3nnc(-c4ccc(C)cc4)n3)c2C)cc1. The molecule has 0 amide bonds. The highest BCUT2D eigenvalue weighted by Gasteiger charge is 2.18. The highest BCUT2D eigenvalue weighted by molar-refractivity contribution is 5.97. The number of nitrogens with zero attached hydrogens (tertiary/aromatic N) is 5. The minimum absolute atomic E-state index is 0.0342. The summed E-state index contributed by atoms with van der Waals surface area (Å²) in [5.74, 6) is 1.28. The Morgan fingerprint density at radius 1 is 1.00 bits per heavy atom. The van der Waals surface area contributed by atoms with Crippen LogP contribution in [0.2, 0.25) is 0 Å². The molecule has 4 rings (SSSR count). The number of hydrogen-bond acceptors (Lipinski definition) is 5. The van der Waals surface area contributed by atoms with Crippen molar-refractivity contribution in [3.05, 3.63) is 77.1 Å². The number of carbonyl (C=O) groups is 1. The number of aryl methyl sites for hydroxylation is 2. The van der Waals surface area contributed by atoms with Gasteiger partial charge in [-0.2, -0.15) is 4.80 Å². The molecule has 2 aromatic heterocycles. The van der Waals surface area contributed by atoms with Crippen LogP contribution in [-0.4, -0.2) is 37.2 Å². The smallest absolute Gasteiger partial charge is 0.204 e. The summed E-state index contributed by atoms with van der Waals surface area (Å²) in [5.41, 5.74) is 5.54. The number of hydrogen-bond donors (Lipinski definition) is 0. The molecule has 2 heterocycles. The molecule has 0 aliphatic rings. The van der Waals surface area contributed by atoms with E-state index in [1.165, 1.54) is 4.80 Å². The van der Waals surface area contributed by atoms with E-state index in [1.54, 1.807) is 0 Å². The van der Waals surface area contributed by atoms with Gasteiger partial charge in [0.1, 0.15) is 12.3 Å². The van der Waals surface area contributed by atoms with E-state index >= 15 is 0 Å². The van der Waals surface area contributed by atoms with Crippen molar-refractivity contribution in [3.8, 4) is 22.8 Å². The fraction of sp³-hybridized carbons (Fsp3) is 0.250. The fourth-order valence-electron chi connectivity index (χ4n) is 3.64. The molecule has 0 atom stereocenters. The zero-order valence-electron chi connectivity index (χ0n) is 18.2. The Labute approximate surface area is 181 Å². The topological polar surface area (TPSA) is 74.8 Å². The number of ether oxygens (including phenoxy) is 1. The molecule has 0 aliphatic carbocycles.